The van der Waals surface area contributed by atoms with E-state index in [-0.39, 0.29) is 11.9 Å². The van der Waals surface area contributed by atoms with Crippen molar-refractivity contribution in [3.8, 4) is 5.75 Å². The number of nitrogens with one attached hydrogen (secondary N) is 2. The molecular formula is C14H18FN3O. The SMILES string of the molecule is CCNC(Cc1ncc[nH]1)c1ccc(OC)cc1F. The number of hydrogen-bond acceptors (Lipinski definition) is 3. The van der Waals surface area contributed by atoms with Gasteiger partial charge in [-0.25, -0.2) is 9.37 Å². The van der Waals surface area contributed by atoms with E-state index >= 15 is 0 Å². The predicted octanol–water partition coefficient (Wildman–Crippen LogP) is 2.45. The number of likely N-dealkylation sites (N-methyl/N-ethyl adjacent to an activating group) is 1. The lowest BCUT2D eigenvalue weighted by Gasteiger charge is -2.18. The molecule has 4 nitrogen and oxygen atoms in total. The summed E-state index contributed by atoms with van der Waals surface area (Å²) in [7, 11) is 1.53. The second-order valence-corrected chi connectivity index (χ2v) is 4.24. The lowest BCUT2D eigenvalue weighted by molar-refractivity contribution is 0.409. The summed E-state index contributed by atoms with van der Waals surface area (Å²) >= 11 is 0. The van der Waals surface area contributed by atoms with Crippen LogP contribution in [0.2, 0.25) is 0 Å². The molecule has 0 radical (unpaired) electrons. The molecule has 2 rings (SSSR count). The molecule has 0 saturated heterocycles. The molecule has 0 amide bonds. The van der Waals surface area contributed by atoms with Crippen molar-refractivity contribution in [3.63, 3.8) is 0 Å². The number of nitrogens with zero attached hydrogens (tertiary/aromatic N) is 1. The summed E-state index contributed by atoms with van der Waals surface area (Å²) in [5.74, 6) is 1.09. The molecule has 102 valence electrons. The van der Waals surface area contributed by atoms with Crippen molar-refractivity contribution < 1.29 is 9.13 Å². The van der Waals surface area contributed by atoms with Crippen LogP contribution in [0.3, 0.4) is 0 Å². The van der Waals surface area contributed by atoms with Crippen LogP contribution < -0.4 is 10.1 Å². The van der Waals surface area contributed by atoms with E-state index < -0.39 is 0 Å². The van der Waals surface area contributed by atoms with Gasteiger partial charge in [-0.2, -0.15) is 0 Å². The van der Waals surface area contributed by atoms with Crippen LogP contribution >= 0.6 is 0 Å². The fourth-order valence-electron chi connectivity index (χ4n) is 2.06. The van der Waals surface area contributed by atoms with Crippen molar-refractivity contribution in [1.29, 1.82) is 0 Å². The van der Waals surface area contributed by atoms with E-state index in [0.29, 0.717) is 17.7 Å². The molecule has 1 unspecified atom stereocenters. The Morgan fingerprint density at radius 2 is 2.32 bits per heavy atom. The topological polar surface area (TPSA) is 49.9 Å². The normalized spacial score (nSPS) is 12.4. The number of aromatic nitrogens is 2. The monoisotopic (exact) mass is 263 g/mol. The molecule has 0 aliphatic rings. The minimum atomic E-state index is -0.267. The lowest BCUT2D eigenvalue weighted by atomic mass is 10.0. The highest BCUT2D eigenvalue weighted by atomic mass is 19.1. The van der Waals surface area contributed by atoms with Crippen LogP contribution in [0.5, 0.6) is 5.75 Å². The van der Waals surface area contributed by atoms with E-state index in [1.807, 2.05) is 6.92 Å². The summed E-state index contributed by atoms with van der Waals surface area (Å²) < 4.78 is 19.1. The van der Waals surface area contributed by atoms with Crippen molar-refractivity contribution >= 4 is 0 Å². The number of hydrogen-bond donors (Lipinski definition) is 2. The van der Waals surface area contributed by atoms with Crippen molar-refractivity contribution in [2.24, 2.45) is 0 Å². The Morgan fingerprint density at radius 1 is 1.47 bits per heavy atom. The number of aromatic amines is 1. The fourth-order valence-corrected chi connectivity index (χ4v) is 2.06. The van der Waals surface area contributed by atoms with Crippen molar-refractivity contribution in [2.75, 3.05) is 13.7 Å². The van der Waals surface area contributed by atoms with E-state index in [0.717, 1.165) is 12.4 Å². The highest BCUT2D eigenvalue weighted by molar-refractivity contribution is 5.31. The summed E-state index contributed by atoms with van der Waals surface area (Å²) in [4.78, 5) is 7.22. The molecule has 0 aliphatic heterocycles. The van der Waals surface area contributed by atoms with Gasteiger partial charge in [-0.15, -0.1) is 0 Å². The smallest absolute Gasteiger partial charge is 0.131 e. The summed E-state index contributed by atoms with van der Waals surface area (Å²) in [6.45, 7) is 2.76. The van der Waals surface area contributed by atoms with Crippen LogP contribution in [-0.4, -0.2) is 23.6 Å². The Hall–Kier alpha value is -1.88. The first-order valence-corrected chi connectivity index (χ1v) is 6.29. The summed E-state index contributed by atoms with van der Waals surface area (Å²) in [5, 5.41) is 3.27. The summed E-state index contributed by atoms with van der Waals surface area (Å²) in [6.07, 6.45) is 4.08. The van der Waals surface area contributed by atoms with E-state index in [2.05, 4.69) is 15.3 Å². The largest absolute Gasteiger partial charge is 0.497 e. The van der Waals surface area contributed by atoms with Crippen molar-refractivity contribution in [1.82, 2.24) is 15.3 Å². The number of imidazole rings is 1. The number of rotatable bonds is 6. The van der Waals surface area contributed by atoms with Crippen molar-refractivity contribution in [3.05, 3.63) is 47.8 Å². The molecule has 0 bridgehead atoms. The zero-order valence-electron chi connectivity index (χ0n) is 11.1. The molecule has 2 aromatic rings. The molecule has 0 spiro atoms. The third-order valence-corrected chi connectivity index (χ3v) is 2.99. The van der Waals surface area contributed by atoms with Crippen LogP contribution in [0.1, 0.15) is 24.4 Å². The summed E-state index contributed by atoms with van der Waals surface area (Å²) in [6, 6.07) is 4.82. The zero-order chi connectivity index (χ0) is 13.7. The first-order chi connectivity index (χ1) is 9.24. The summed E-state index contributed by atoms with van der Waals surface area (Å²) in [5.41, 5.74) is 0.624. The zero-order valence-corrected chi connectivity index (χ0v) is 11.1. The number of benzene rings is 1. The molecule has 1 aromatic carbocycles. The Morgan fingerprint density at radius 3 is 2.89 bits per heavy atom. The molecule has 0 fully saturated rings. The van der Waals surface area contributed by atoms with E-state index in [1.54, 1.807) is 24.5 Å². The molecule has 1 aromatic heterocycles. The molecule has 0 saturated carbocycles. The number of ether oxygens (including phenoxy) is 1. The van der Waals surface area contributed by atoms with Gasteiger partial charge in [-0.1, -0.05) is 13.0 Å². The molecule has 0 aliphatic carbocycles. The van der Waals surface area contributed by atoms with Gasteiger partial charge in [0.2, 0.25) is 0 Å². The molecule has 1 atom stereocenters. The van der Waals surface area contributed by atoms with E-state index in [1.165, 1.54) is 13.2 Å². The van der Waals surface area contributed by atoms with Crippen LogP contribution in [0.4, 0.5) is 4.39 Å². The average Bonchev–Trinajstić information content (AvgIpc) is 2.91. The molecule has 19 heavy (non-hydrogen) atoms. The van der Waals surface area contributed by atoms with Crippen molar-refractivity contribution in [2.45, 2.75) is 19.4 Å². The minimum Gasteiger partial charge on any atom is -0.497 e. The quantitative estimate of drug-likeness (QED) is 0.841. The third kappa shape index (κ3) is 3.32. The van der Waals surface area contributed by atoms with Gasteiger partial charge >= 0.3 is 0 Å². The van der Waals surface area contributed by atoms with Gasteiger partial charge < -0.3 is 15.0 Å². The average molecular weight is 263 g/mol. The fraction of sp³-hybridized carbons (Fsp3) is 0.357. The van der Waals surface area contributed by atoms with Gasteiger partial charge in [0.15, 0.2) is 0 Å². The van der Waals surface area contributed by atoms with Crippen LogP contribution in [0.25, 0.3) is 0 Å². The Labute approximate surface area is 112 Å². The Kier molecular flexibility index (Phi) is 4.52. The van der Waals surface area contributed by atoms with E-state index in [4.69, 9.17) is 4.74 Å². The molecule has 2 N–H and O–H groups in total. The first-order valence-electron chi connectivity index (χ1n) is 6.29. The molecule has 1 heterocycles. The standard InChI is InChI=1S/C14H18FN3O/c1-3-16-13(9-14-17-6-7-18-14)11-5-4-10(19-2)8-12(11)15/h4-8,13,16H,3,9H2,1-2H3,(H,17,18). The van der Waals surface area contributed by atoms with Crippen LogP contribution in [0, 0.1) is 5.82 Å². The highest BCUT2D eigenvalue weighted by Gasteiger charge is 2.17. The van der Waals surface area contributed by atoms with Gasteiger partial charge in [0, 0.05) is 36.5 Å². The molecular weight excluding hydrogens is 245 g/mol. The maximum Gasteiger partial charge on any atom is 0.131 e. The van der Waals surface area contributed by atoms with Gasteiger partial charge in [0.25, 0.3) is 0 Å². The number of halogens is 1. The number of methoxy groups -OCH3 is 1. The van der Waals surface area contributed by atoms with Gasteiger partial charge in [-0.3, -0.25) is 0 Å². The maximum atomic E-state index is 14.1. The Balaban J connectivity index is 2.23. The van der Waals surface area contributed by atoms with Gasteiger partial charge in [0.1, 0.15) is 17.4 Å². The van der Waals surface area contributed by atoms with Gasteiger partial charge in [-0.05, 0) is 12.6 Å². The maximum absolute atomic E-state index is 14.1. The second kappa shape index (κ2) is 6.33. The van der Waals surface area contributed by atoms with E-state index in [9.17, 15) is 4.39 Å². The third-order valence-electron chi connectivity index (χ3n) is 2.99. The first kappa shape index (κ1) is 13.5. The van der Waals surface area contributed by atoms with Crippen LogP contribution in [-0.2, 0) is 6.42 Å². The lowest BCUT2D eigenvalue weighted by Crippen LogP contribution is -2.24. The Bertz CT molecular complexity index is 513. The highest BCUT2D eigenvalue weighted by Crippen LogP contribution is 2.23. The second-order valence-electron chi connectivity index (χ2n) is 4.24. The predicted molar refractivity (Wildman–Crippen MR) is 71.7 cm³/mol. The van der Waals surface area contributed by atoms with Gasteiger partial charge in [0.05, 0.1) is 7.11 Å². The van der Waals surface area contributed by atoms with Crippen LogP contribution in [0.15, 0.2) is 30.6 Å². The molecule has 5 heteroatoms. The number of H-pyrrole nitrogens is 1. The minimum absolute atomic E-state index is 0.109.